The minimum atomic E-state index is 1.06. The molecule has 0 aliphatic rings. The largest absolute Gasteiger partial charge is 0.318 e. The van der Waals surface area contributed by atoms with Crippen molar-refractivity contribution in [1.29, 1.82) is 0 Å². The van der Waals surface area contributed by atoms with Crippen LogP contribution in [0.5, 0.6) is 0 Å². The van der Waals surface area contributed by atoms with Gasteiger partial charge in [-0.1, -0.05) is 12.0 Å². The molecule has 0 N–H and O–H groups in total. The number of hydrogen-bond donors (Lipinski definition) is 0. The smallest absolute Gasteiger partial charge is 0.0467 e. The topological polar surface area (TPSA) is 4.93 Å². The summed E-state index contributed by atoms with van der Waals surface area (Å²) in [7, 11) is 0. The average molecular weight is 209 g/mol. The molecule has 0 saturated heterocycles. The number of benzene rings is 1. The predicted molar refractivity (Wildman–Crippen MR) is 67.8 cm³/mol. The van der Waals surface area contributed by atoms with Crippen molar-refractivity contribution in [2.75, 3.05) is 0 Å². The van der Waals surface area contributed by atoms with E-state index in [-0.39, 0.29) is 0 Å². The highest BCUT2D eigenvalue weighted by atomic mass is 15.0. The van der Waals surface area contributed by atoms with Gasteiger partial charge in [0, 0.05) is 22.6 Å². The zero-order valence-corrected chi connectivity index (χ0v) is 9.91. The number of hydrogen-bond acceptors (Lipinski definition) is 0. The highest BCUT2D eigenvalue weighted by Crippen LogP contribution is 2.17. The first-order chi connectivity index (χ1) is 7.72. The molecule has 1 aromatic heterocycles. The number of aryl methyl sites for hydroxylation is 2. The average Bonchev–Trinajstić information content (AvgIpc) is 2.59. The fraction of sp³-hybridized carbons (Fsp3) is 0.200. The lowest BCUT2D eigenvalue weighted by Gasteiger charge is -2.09. The van der Waals surface area contributed by atoms with E-state index in [1.807, 2.05) is 19.1 Å². The van der Waals surface area contributed by atoms with Gasteiger partial charge in [-0.25, -0.2) is 0 Å². The lowest BCUT2D eigenvalue weighted by molar-refractivity contribution is 0.965. The number of aromatic nitrogens is 1. The summed E-state index contributed by atoms with van der Waals surface area (Å²) in [5, 5.41) is 0. The molecule has 0 bridgehead atoms. The summed E-state index contributed by atoms with van der Waals surface area (Å²) >= 11 is 0. The molecule has 16 heavy (non-hydrogen) atoms. The third kappa shape index (κ3) is 1.87. The van der Waals surface area contributed by atoms with E-state index >= 15 is 0 Å². The van der Waals surface area contributed by atoms with Crippen LogP contribution in [0.25, 0.3) is 5.69 Å². The van der Waals surface area contributed by atoms with Crippen molar-refractivity contribution >= 4 is 0 Å². The molecule has 0 amide bonds. The Hall–Kier alpha value is -1.94. The van der Waals surface area contributed by atoms with Crippen LogP contribution >= 0.6 is 0 Å². The first-order valence-electron chi connectivity index (χ1n) is 5.40. The Labute approximate surface area is 96.7 Å². The first-order valence-corrected chi connectivity index (χ1v) is 5.40. The fourth-order valence-corrected chi connectivity index (χ4v) is 1.94. The maximum Gasteiger partial charge on any atom is 0.0467 e. The van der Waals surface area contributed by atoms with Crippen LogP contribution in [-0.2, 0) is 0 Å². The van der Waals surface area contributed by atoms with Gasteiger partial charge in [-0.15, -0.1) is 5.92 Å². The minimum Gasteiger partial charge on any atom is -0.318 e. The normalized spacial score (nSPS) is 9.69. The minimum absolute atomic E-state index is 1.06. The molecule has 2 rings (SSSR count). The van der Waals surface area contributed by atoms with Crippen LogP contribution < -0.4 is 0 Å². The molecule has 1 aromatic carbocycles. The van der Waals surface area contributed by atoms with Crippen LogP contribution in [0.2, 0.25) is 0 Å². The molecule has 2 aromatic rings. The fourth-order valence-electron chi connectivity index (χ4n) is 1.94. The first kappa shape index (κ1) is 10.6. The van der Waals surface area contributed by atoms with Crippen molar-refractivity contribution < 1.29 is 0 Å². The van der Waals surface area contributed by atoms with Gasteiger partial charge in [0.05, 0.1) is 0 Å². The van der Waals surface area contributed by atoms with Crippen LogP contribution in [0.15, 0.2) is 36.4 Å². The number of rotatable bonds is 1. The second-order valence-corrected chi connectivity index (χ2v) is 3.88. The molecule has 0 aliphatic heterocycles. The molecule has 0 aliphatic carbocycles. The van der Waals surface area contributed by atoms with E-state index in [0.29, 0.717) is 0 Å². The van der Waals surface area contributed by atoms with E-state index in [9.17, 15) is 0 Å². The Morgan fingerprint density at radius 1 is 1.00 bits per heavy atom. The summed E-state index contributed by atoms with van der Waals surface area (Å²) in [4.78, 5) is 0. The highest BCUT2D eigenvalue weighted by molar-refractivity contribution is 5.45. The summed E-state index contributed by atoms with van der Waals surface area (Å²) in [6.07, 6.45) is 0. The highest BCUT2D eigenvalue weighted by Gasteiger charge is 2.03. The van der Waals surface area contributed by atoms with Gasteiger partial charge in [0.25, 0.3) is 0 Å². The third-order valence-corrected chi connectivity index (χ3v) is 2.64. The summed E-state index contributed by atoms with van der Waals surface area (Å²) in [5.41, 5.74) is 4.74. The Balaban J connectivity index is 2.55. The summed E-state index contributed by atoms with van der Waals surface area (Å²) < 4.78 is 2.24. The third-order valence-electron chi connectivity index (χ3n) is 2.64. The van der Waals surface area contributed by atoms with Crippen LogP contribution in [0.4, 0.5) is 0 Å². The van der Waals surface area contributed by atoms with Gasteiger partial charge in [-0.2, -0.15) is 0 Å². The molecule has 0 atom stereocenters. The molecule has 80 valence electrons. The molecular weight excluding hydrogens is 194 g/mol. The van der Waals surface area contributed by atoms with Crippen LogP contribution in [-0.4, -0.2) is 4.57 Å². The quantitative estimate of drug-likeness (QED) is 0.634. The number of nitrogens with zero attached hydrogens (tertiary/aromatic N) is 1. The molecular formula is C15H15N. The Morgan fingerprint density at radius 3 is 2.31 bits per heavy atom. The second-order valence-electron chi connectivity index (χ2n) is 3.88. The lowest BCUT2D eigenvalue weighted by Crippen LogP contribution is -1.98. The molecule has 0 saturated carbocycles. The zero-order chi connectivity index (χ0) is 11.5. The molecule has 1 nitrogen and oxygen atoms in total. The molecule has 1 heterocycles. The zero-order valence-electron chi connectivity index (χ0n) is 9.91. The Morgan fingerprint density at radius 2 is 1.69 bits per heavy atom. The van der Waals surface area contributed by atoms with Gasteiger partial charge in [0.1, 0.15) is 0 Å². The van der Waals surface area contributed by atoms with E-state index in [1.165, 1.54) is 17.1 Å². The Kier molecular flexibility index (Phi) is 2.83. The van der Waals surface area contributed by atoms with Crippen LogP contribution in [0, 0.1) is 25.7 Å². The van der Waals surface area contributed by atoms with Gasteiger partial charge < -0.3 is 4.57 Å². The molecule has 0 unspecified atom stereocenters. The van der Waals surface area contributed by atoms with Crippen molar-refractivity contribution in [2.24, 2.45) is 0 Å². The van der Waals surface area contributed by atoms with Gasteiger partial charge >= 0.3 is 0 Å². The summed E-state index contributed by atoms with van der Waals surface area (Å²) in [6, 6.07) is 12.6. The predicted octanol–water partition coefficient (Wildman–Crippen LogP) is 3.47. The van der Waals surface area contributed by atoms with Crippen molar-refractivity contribution in [1.82, 2.24) is 4.57 Å². The van der Waals surface area contributed by atoms with E-state index < -0.39 is 0 Å². The van der Waals surface area contributed by atoms with E-state index in [0.717, 1.165) is 5.56 Å². The van der Waals surface area contributed by atoms with Crippen LogP contribution in [0.1, 0.15) is 23.9 Å². The van der Waals surface area contributed by atoms with Gasteiger partial charge in [-0.05, 0) is 51.1 Å². The maximum atomic E-state index is 3.09. The molecule has 0 spiro atoms. The standard InChI is InChI=1S/C15H15N/c1-4-6-14-7-5-8-15(11-14)16-12(2)9-10-13(16)3/h5,7-11H,1-3H3. The van der Waals surface area contributed by atoms with Gasteiger partial charge in [-0.3, -0.25) is 0 Å². The van der Waals surface area contributed by atoms with Crippen molar-refractivity contribution in [3.8, 4) is 17.5 Å². The van der Waals surface area contributed by atoms with E-state index in [4.69, 9.17) is 0 Å². The Bertz CT molecular complexity index is 545. The van der Waals surface area contributed by atoms with Crippen molar-refractivity contribution in [3.63, 3.8) is 0 Å². The van der Waals surface area contributed by atoms with E-state index in [1.54, 1.807) is 0 Å². The molecule has 0 radical (unpaired) electrons. The lowest BCUT2D eigenvalue weighted by atomic mass is 10.2. The van der Waals surface area contributed by atoms with Gasteiger partial charge in [0.15, 0.2) is 0 Å². The molecule has 0 fully saturated rings. The van der Waals surface area contributed by atoms with Crippen LogP contribution in [0.3, 0.4) is 0 Å². The van der Waals surface area contributed by atoms with E-state index in [2.05, 4.69) is 54.5 Å². The maximum absolute atomic E-state index is 3.09. The SMILES string of the molecule is CC#Cc1cccc(-n2c(C)ccc2C)c1. The summed E-state index contributed by atoms with van der Waals surface area (Å²) in [5.74, 6) is 6.01. The summed E-state index contributed by atoms with van der Waals surface area (Å²) in [6.45, 7) is 6.09. The van der Waals surface area contributed by atoms with Crippen molar-refractivity contribution in [3.05, 3.63) is 53.3 Å². The second kappa shape index (κ2) is 4.28. The monoisotopic (exact) mass is 209 g/mol. The molecule has 1 heteroatoms. The van der Waals surface area contributed by atoms with Crippen molar-refractivity contribution in [2.45, 2.75) is 20.8 Å². The van der Waals surface area contributed by atoms with Gasteiger partial charge in [0.2, 0.25) is 0 Å².